The topological polar surface area (TPSA) is 26.3 Å². The molecule has 1 aliphatic rings. The van der Waals surface area contributed by atoms with Gasteiger partial charge in [0.05, 0.1) is 9.52 Å². The van der Waals surface area contributed by atoms with Crippen LogP contribution in [0.2, 0.25) is 6.55 Å². The monoisotopic (exact) mass is 182 g/mol. The van der Waals surface area contributed by atoms with E-state index < -0.39 is 14.7 Å². The molecule has 0 N–H and O–H groups in total. The molecule has 2 nitrogen and oxygen atoms in total. The summed E-state index contributed by atoms with van der Waals surface area (Å²) in [7, 11) is -0.502. The van der Waals surface area contributed by atoms with Crippen LogP contribution in [0.5, 0.6) is 0 Å². The molecule has 0 aliphatic carbocycles. The Labute approximate surface area is 75.1 Å². The minimum absolute atomic E-state index is 0.117. The van der Waals surface area contributed by atoms with Crippen LogP contribution in [-0.2, 0) is 9.53 Å². The minimum atomic E-state index is -0.502. The fraction of sp³-hybridized carbons (Fsp3) is 0.444. The van der Waals surface area contributed by atoms with Crippen molar-refractivity contribution < 1.29 is 9.53 Å². The Kier molecular flexibility index (Phi) is 2.52. The Hall–Kier alpha value is -0.833. The lowest BCUT2D eigenvalue weighted by Crippen LogP contribution is -2.46. The first-order valence-corrected chi connectivity index (χ1v) is 6.37. The molecule has 1 aliphatic heterocycles. The van der Waals surface area contributed by atoms with Crippen LogP contribution in [0.1, 0.15) is 13.3 Å². The molecule has 0 saturated carbocycles. The fourth-order valence-electron chi connectivity index (χ4n) is 1.40. The van der Waals surface area contributed by atoms with Crippen LogP contribution in [0.4, 0.5) is 0 Å². The highest BCUT2D eigenvalue weighted by atomic mass is 28.2. The van der Waals surface area contributed by atoms with Crippen LogP contribution in [-0.4, -0.2) is 20.5 Å². The molecule has 0 bridgehead atoms. The van der Waals surface area contributed by atoms with Gasteiger partial charge in [-0.25, -0.2) is 0 Å². The average Bonchev–Trinajstić information content (AvgIpc) is 2.09. The highest BCUT2D eigenvalue weighted by Gasteiger charge is 2.37. The summed E-state index contributed by atoms with van der Waals surface area (Å²) in [4.78, 5) is 11.5. The Bertz CT molecular complexity index is 239. The Balaban J connectivity index is 2.96. The van der Waals surface area contributed by atoms with E-state index in [0.717, 1.165) is 6.42 Å². The van der Waals surface area contributed by atoms with E-state index in [2.05, 4.69) is 13.1 Å². The quantitative estimate of drug-likeness (QED) is 0.595. The second-order valence-electron chi connectivity index (χ2n) is 2.97. The van der Waals surface area contributed by atoms with Crippen molar-refractivity contribution in [3.05, 3.63) is 24.5 Å². The Morgan fingerprint density at radius 2 is 2.33 bits per heavy atom. The molecule has 1 atom stereocenters. The summed E-state index contributed by atoms with van der Waals surface area (Å²) in [6.45, 7) is 7.78. The van der Waals surface area contributed by atoms with Gasteiger partial charge in [-0.15, -0.1) is 0 Å². The normalized spacial score (nSPS) is 29.8. The smallest absolute Gasteiger partial charge is 0.194 e. The summed E-state index contributed by atoms with van der Waals surface area (Å²) in [5.74, 6) is 0.734. The zero-order valence-corrected chi connectivity index (χ0v) is 9.01. The SMILES string of the molecule is C=C1C=CC(=O)C(CC)([SiH2]C)O1. The van der Waals surface area contributed by atoms with Gasteiger partial charge in [0.2, 0.25) is 0 Å². The number of carbonyl (C=O) groups excluding carboxylic acids is 1. The first-order valence-electron chi connectivity index (χ1n) is 4.25. The van der Waals surface area contributed by atoms with Gasteiger partial charge in [-0.05, 0) is 18.6 Å². The molecule has 0 amide bonds. The van der Waals surface area contributed by atoms with Gasteiger partial charge in [0.15, 0.2) is 5.78 Å². The summed E-state index contributed by atoms with van der Waals surface area (Å²) in [5.41, 5.74) is 0. The van der Waals surface area contributed by atoms with Crippen molar-refractivity contribution in [2.75, 3.05) is 0 Å². The second-order valence-corrected chi connectivity index (χ2v) is 4.82. The van der Waals surface area contributed by atoms with Crippen molar-refractivity contribution in [3.63, 3.8) is 0 Å². The lowest BCUT2D eigenvalue weighted by Gasteiger charge is -2.32. The minimum Gasteiger partial charge on any atom is -0.484 e. The first kappa shape index (κ1) is 9.26. The van der Waals surface area contributed by atoms with Crippen LogP contribution in [0.15, 0.2) is 24.5 Å². The molecule has 66 valence electrons. The highest BCUT2D eigenvalue weighted by Crippen LogP contribution is 2.24. The van der Waals surface area contributed by atoms with E-state index in [9.17, 15) is 4.79 Å². The first-order chi connectivity index (χ1) is 5.64. The number of allylic oxidation sites excluding steroid dienone is 1. The van der Waals surface area contributed by atoms with E-state index >= 15 is 0 Å². The molecule has 1 unspecified atom stereocenters. The third-order valence-corrected chi connectivity index (χ3v) is 4.47. The molecule has 0 aromatic heterocycles. The van der Waals surface area contributed by atoms with Crippen LogP contribution in [0, 0.1) is 0 Å². The number of carbonyl (C=O) groups is 1. The number of ether oxygens (including phenoxy) is 1. The van der Waals surface area contributed by atoms with Crippen LogP contribution in [0.3, 0.4) is 0 Å². The summed E-state index contributed by atoms with van der Waals surface area (Å²) in [5, 5.41) is -0.494. The molecular formula is C9H14O2Si. The van der Waals surface area contributed by atoms with E-state index in [1.54, 1.807) is 12.2 Å². The predicted octanol–water partition coefficient (Wildman–Crippen LogP) is 0.979. The van der Waals surface area contributed by atoms with Gasteiger partial charge in [0.25, 0.3) is 0 Å². The predicted molar refractivity (Wildman–Crippen MR) is 51.8 cm³/mol. The van der Waals surface area contributed by atoms with Crippen LogP contribution in [0.25, 0.3) is 0 Å². The van der Waals surface area contributed by atoms with Crippen molar-refractivity contribution in [1.82, 2.24) is 0 Å². The lowest BCUT2D eigenvalue weighted by atomic mass is 10.1. The molecule has 1 rings (SSSR count). The molecule has 0 saturated heterocycles. The second kappa shape index (κ2) is 3.27. The summed E-state index contributed by atoms with van der Waals surface area (Å²) < 4.78 is 5.52. The van der Waals surface area contributed by atoms with E-state index in [1.807, 2.05) is 6.92 Å². The van der Waals surface area contributed by atoms with E-state index in [-0.39, 0.29) is 5.78 Å². The third-order valence-electron chi connectivity index (χ3n) is 2.34. The van der Waals surface area contributed by atoms with Crippen molar-refractivity contribution >= 4 is 15.3 Å². The van der Waals surface area contributed by atoms with E-state index in [0.29, 0.717) is 5.76 Å². The van der Waals surface area contributed by atoms with E-state index in [4.69, 9.17) is 4.74 Å². The maximum absolute atomic E-state index is 11.5. The Morgan fingerprint density at radius 3 is 2.75 bits per heavy atom. The van der Waals surface area contributed by atoms with Gasteiger partial charge < -0.3 is 4.74 Å². The largest absolute Gasteiger partial charge is 0.484 e. The van der Waals surface area contributed by atoms with Gasteiger partial charge in [-0.1, -0.05) is 20.0 Å². The molecule has 1 heterocycles. The number of ketones is 1. The van der Waals surface area contributed by atoms with Crippen LogP contribution < -0.4 is 0 Å². The molecule has 12 heavy (non-hydrogen) atoms. The highest BCUT2D eigenvalue weighted by molar-refractivity contribution is 6.46. The number of hydrogen-bond acceptors (Lipinski definition) is 2. The molecular weight excluding hydrogens is 168 g/mol. The van der Waals surface area contributed by atoms with Crippen molar-refractivity contribution in [2.24, 2.45) is 0 Å². The summed E-state index contributed by atoms with van der Waals surface area (Å²) in [6, 6.07) is 0. The van der Waals surface area contributed by atoms with Gasteiger partial charge in [0, 0.05) is 0 Å². The van der Waals surface area contributed by atoms with Crippen molar-refractivity contribution in [3.8, 4) is 0 Å². The molecule has 3 heteroatoms. The maximum atomic E-state index is 11.5. The lowest BCUT2D eigenvalue weighted by molar-refractivity contribution is -0.127. The van der Waals surface area contributed by atoms with Gasteiger partial charge in [-0.3, -0.25) is 4.79 Å². The van der Waals surface area contributed by atoms with Crippen molar-refractivity contribution in [1.29, 1.82) is 0 Å². The zero-order valence-electron chi connectivity index (χ0n) is 7.59. The molecule has 0 aromatic rings. The van der Waals surface area contributed by atoms with Crippen molar-refractivity contribution in [2.45, 2.75) is 25.1 Å². The summed E-state index contributed by atoms with van der Waals surface area (Å²) in [6.07, 6.45) is 3.99. The zero-order chi connectivity index (χ0) is 9.19. The third kappa shape index (κ3) is 1.36. The molecule has 0 spiro atoms. The maximum Gasteiger partial charge on any atom is 0.194 e. The van der Waals surface area contributed by atoms with Crippen LogP contribution >= 0.6 is 0 Å². The standard InChI is InChI=1S/C9H14O2Si/c1-4-9(12-3)8(10)6-5-7(2)11-9/h5-6H,2,4,12H2,1,3H3. The molecule has 0 radical (unpaired) electrons. The molecule has 0 aromatic carbocycles. The number of hydrogen-bond donors (Lipinski definition) is 0. The van der Waals surface area contributed by atoms with E-state index in [1.165, 1.54) is 0 Å². The average molecular weight is 182 g/mol. The van der Waals surface area contributed by atoms with Gasteiger partial charge in [-0.2, -0.15) is 0 Å². The molecule has 0 fully saturated rings. The van der Waals surface area contributed by atoms with Gasteiger partial charge in [0.1, 0.15) is 11.0 Å². The van der Waals surface area contributed by atoms with Gasteiger partial charge >= 0.3 is 0 Å². The Morgan fingerprint density at radius 1 is 1.67 bits per heavy atom. The summed E-state index contributed by atoms with van der Waals surface area (Å²) >= 11 is 0. The number of rotatable bonds is 2. The fourth-order valence-corrected chi connectivity index (χ4v) is 2.69.